The number of aromatic nitrogens is 2. The number of fused-ring (bicyclic) bond motifs is 1. The number of carbonyl (C=O) groups is 1. The normalized spacial score (nSPS) is 11.0. The summed E-state index contributed by atoms with van der Waals surface area (Å²) in [5.74, 6) is 0.119. The Labute approximate surface area is 160 Å². The van der Waals surface area contributed by atoms with Crippen molar-refractivity contribution in [1.29, 1.82) is 0 Å². The first-order chi connectivity index (χ1) is 13.3. The van der Waals surface area contributed by atoms with Crippen LogP contribution in [0.4, 0.5) is 0 Å². The van der Waals surface area contributed by atoms with Gasteiger partial charge in [0.1, 0.15) is 0 Å². The van der Waals surface area contributed by atoms with Crippen molar-refractivity contribution in [3.8, 4) is 0 Å². The average molecular weight is 364 g/mol. The fourth-order valence-electron chi connectivity index (χ4n) is 3.24. The van der Waals surface area contributed by atoms with Gasteiger partial charge in [0.15, 0.2) is 0 Å². The molecule has 0 aliphatic heterocycles. The Morgan fingerprint density at radius 2 is 1.81 bits per heavy atom. The molecule has 0 atom stereocenters. The second-order valence-corrected chi connectivity index (χ2v) is 6.91. The third kappa shape index (κ3) is 5.66. The molecule has 3 aromatic rings. The van der Waals surface area contributed by atoms with E-state index in [1.54, 1.807) is 0 Å². The van der Waals surface area contributed by atoms with E-state index in [1.165, 1.54) is 5.56 Å². The number of rotatable bonds is 10. The van der Waals surface area contributed by atoms with Crippen LogP contribution in [0, 0.1) is 0 Å². The molecule has 0 bridgehead atoms. The molecule has 3 rings (SSSR count). The second-order valence-electron chi connectivity index (χ2n) is 6.91. The molecule has 0 fully saturated rings. The minimum atomic E-state index is 0.119. The van der Waals surface area contributed by atoms with Crippen LogP contribution in [0.2, 0.25) is 0 Å². The molecule has 0 aliphatic rings. The van der Waals surface area contributed by atoms with E-state index in [9.17, 15) is 4.79 Å². The summed E-state index contributed by atoms with van der Waals surface area (Å²) in [6, 6.07) is 16.5. The molecule has 0 radical (unpaired) electrons. The number of benzene rings is 2. The van der Waals surface area contributed by atoms with Crippen molar-refractivity contribution in [3.63, 3.8) is 0 Å². The molecule has 2 aromatic carbocycles. The van der Waals surface area contributed by atoms with Gasteiger partial charge in [0.25, 0.3) is 0 Å². The number of carbonyl (C=O) groups excluding carboxylic acids is 1. The van der Waals surface area contributed by atoms with Crippen molar-refractivity contribution in [2.75, 3.05) is 6.54 Å². The zero-order chi connectivity index (χ0) is 18.9. The first kappa shape index (κ1) is 19.1. The topological polar surface area (TPSA) is 72.9 Å². The zero-order valence-corrected chi connectivity index (χ0v) is 15.7. The third-order valence-electron chi connectivity index (χ3n) is 4.72. The minimum absolute atomic E-state index is 0.119. The molecule has 142 valence electrons. The van der Waals surface area contributed by atoms with Crippen LogP contribution in [0.5, 0.6) is 0 Å². The number of hydrogen-bond donors (Lipinski definition) is 2. The highest BCUT2D eigenvalue weighted by molar-refractivity contribution is 5.76. The van der Waals surface area contributed by atoms with Gasteiger partial charge in [-0.1, -0.05) is 49.2 Å². The van der Waals surface area contributed by atoms with E-state index >= 15 is 0 Å². The molecular formula is C22H28N4O. The largest absolute Gasteiger partial charge is 0.352 e. The lowest BCUT2D eigenvalue weighted by Crippen LogP contribution is -2.22. The van der Waals surface area contributed by atoms with Gasteiger partial charge in [-0.2, -0.15) is 0 Å². The maximum atomic E-state index is 12.0. The Bertz CT molecular complexity index is 871. The van der Waals surface area contributed by atoms with Gasteiger partial charge in [0.2, 0.25) is 5.91 Å². The standard InChI is InChI=1S/C22H28N4O/c23-13-6-2-1-3-12-22(27)24-15-18-8-7-9-19(14-18)16-26-17-25-20-10-4-5-11-21(20)26/h4-5,7-11,14,17H,1-3,6,12-13,15-16,23H2,(H,24,27). The van der Waals surface area contributed by atoms with Crippen molar-refractivity contribution in [2.24, 2.45) is 5.73 Å². The summed E-state index contributed by atoms with van der Waals surface area (Å²) < 4.78 is 2.15. The number of hydrogen-bond acceptors (Lipinski definition) is 3. The average Bonchev–Trinajstić information content (AvgIpc) is 3.09. The Morgan fingerprint density at radius 3 is 2.70 bits per heavy atom. The summed E-state index contributed by atoms with van der Waals surface area (Å²) in [7, 11) is 0. The Hall–Kier alpha value is -2.66. The second kappa shape index (κ2) is 9.88. The van der Waals surface area contributed by atoms with Gasteiger partial charge in [-0.15, -0.1) is 0 Å². The highest BCUT2D eigenvalue weighted by atomic mass is 16.1. The third-order valence-corrected chi connectivity index (χ3v) is 4.72. The number of para-hydroxylation sites is 2. The molecule has 0 spiro atoms. The minimum Gasteiger partial charge on any atom is -0.352 e. The fourth-order valence-corrected chi connectivity index (χ4v) is 3.24. The Morgan fingerprint density at radius 1 is 1.00 bits per heavy atom. The van der Waals surface area contributed by atoms with Crippen LogP contribution in [-0.2, 0) is 17.9 Å². The molecule has 5 nitrogen and oxygen atoms in total. The van der Waals surface area contributed by atoms with E-state index in [-0.39, 0.29) is 5.91 Å². The molecule has 0 saturated heterocycles. The lowest BCUT2D eigenvalue weighted by atomic mass is 10.1. The molecule has 3 N–H and O–H groups in total. The van der Waals surface area contributed by atoms with Gasteiger partial charge in [-0.25, -0.2) is 4.98 Å². The summed E-state index contributed by atoms with van der Waals surface area (Å²) in [4.78, 5) is 16.4. The maximum absolute atomic E-state index is 12.0. The first-order valence-corrected chi connectivity index (χ1v) is 9.71. The van der Waals surface area contributed by atoms with Crippen molar-refractivity contribution < 1.29 is 4.79 Å². The number of nitrogens with one attached hydrogen (secondary N) is 1. The van der Waals surface area contributed by atoms with Gasteiger partial charge in [0.05, 0.1) is 17.4 Å². The fraction of sp³-hybridized carbons (Fsp3) is 0.364. The molecule has 1 heterocycles. The van der Waals surface area contributed by atoms with Crippen LogP contribution >= 0.6 is 0 Å². The van der Waals surface area contributed by atoms with Crippen LogP contribution in [-0.4, -0.2) is 22.0 Å². The van der Waals surface area contributed by atoms with E-state index in [4.69, 9.17) is 5.73 Å². The Balaban J connectivity index is 1.51. The number of nitrogens with two attached hydrogens (primary N) is 1. The number of imidazole rings is 1. The van der Waals surface area contributed by atoms with Crippen LogP contribution in [0.25, 0.3) is 11.0 Å². The van der Waals surface area contributed by atoms with Gasteiger partial charge in [-0.3, -0.25) is 4.79 Å². The highest BCUT2D eigenvalue weighted by Crippen LogP contribution is 2.15. The summed E-state index contributed by atoms with van der Waals surface area (Å²) in [6.07, 6.45) is 6.61. The van der Waals surface area contributed by atoms with Crippen molar-refractivity contribution in [3.05, 3.63) is 66.0 Å². The van der Waals surface area contributed by atoms with E-state index in [0.717, 1.165) is 55.4 Å². The highest BCUT2D eigenvalue weighted by Gasteiger charge is 2.05. The molecule has 5 heteroatoms. The molecule has 0 saturated carbocycles. The smallest absolute Gasteiger partial charge is 0.220 e. The van der Waals surface area contributed by atoms with Gasteiger partial charge in [0, 0.05) is 19.5 Å². The molecule has 1 amide bonds. The lowest BCUT2D eigenvalue weighted by Gasteiger charge is -2.09. The van der Waals surface area contributed by atoms with Crippen LogP contribution in [0.3, 0.4) is 0 Å². The van der Waals surface area contributed by atoms with Gasteiger partial charge < -0.3 is 15.6 Å². The van der Waals surface area contributed by atoms with Crippen molar-refractivity contribution >= 4 is 16.9 Å². The van der Waals surface area contributed by atoms with Gasteiger partial charge >= 0.3 is 0 Å². The van der Waals surface area contributed by atoms with Crippen LogP contribution in [0.15, 0.2) is 54.9 Å². The summed E-state index contributed by atoms with van der Waals surface area (Å²) in [6.45, 7) is 2.07. The number of unbranched alkanes of at least 4 members (excludes halogenated alkanes) is 3. The summed E-state index contributed by atoms with van der Waals surface area (Å²) in [5.41, 5.74) is 9.94. The quantitative estimate of drug-likeness (QED) is 0.540. The molecule has 1 aromatic heterocycles. The summed E-state index contributed by atoms with van der Waals surface area (Å²) in [5, 5.41) is 3.02. The summed E-state index contributed by atoms with van der Waals surface area (Å²) >= 11 is 0. The van der Waals surface area contributed by atoms with E-state index < -0.39 is 0 Å². The predicted molar refractivity (Wildman–Crippen MR) is 109 cm³/mol. The maximum Gasteiger partial charge on any atom is 0.220 e. The SMILES string of the molecule is NCCCCCCC(=O)NCc1cccc(Cn2cnc3ccccc32)c1. The molecular weight excluding hydrogens is 336 g/mol. The zero-order valence-electron chi connectivity index (χ0n) is 15.7. The van der Waals surface area contributed by atoms with Crippen molar-refractivity contribution in [2.45, 2.75) is 45.2 Å². The number of nitrogens with zero attached hydrogens (tertiary/aromatic N) is 2. The van der Waals surface area contributed by atoms with Gasteiger partial charge in [-0.05, 0) is 42.6 Å². The van der Waals surface area contributed by atoms with Crippen LogP contribution in [0.1, 0.15) is 43.2 Å². The van der Waals surface area contributed by atoms with Crippen molar-refractivity contribution in [1.82, 2.24) is 14.9 Å². The number of amides is 1. The lowest BCUT2D eigenvalue weighted by molar-refractivity contribution is -0.121. The Kier molecular flexibility index (Phi) is 6.99. The monoisotopic (exact) mass is 364 g/mol. The van der Waals surface area contributed by atoms with E-state index in [0.29, 0.717) is 13.0 Å². The predicted octanol–water partition coefficient (Wildman–Crippen LogP) is 3.61. The molecule has 27 heavy (non-hydrogen) atoms. The molecule has 0 unspecified atom stereocenters. The van der Waals surface area contributed by atoms with E-state index in [1.807, 2.05) is 30.6 Å². The van der Waals surface area contributed by atoms with E-state index in [2.05, 4.69) is 39.1 Å². The first-order valence-electron chi connectivity index (χ1n) is 9.71. The van der Waals surface area contributed by atoms with Crippen LogP contribution < -0.4 is 11.1 Å². The molecule has 0 aliphatic carbocycles.